The minimum absolute atomic E-state index is 0.153. The molecule has 0 aliphatic carbocycles. The summed E-state index contributed by atoms with van der Waals surface area (Å²) in [5, 5.41) is 5.28. The highest BCUT2D eigenvalue weighted by Gasteiger charge is 2.36. The van der Waals surface area contributed by atoms with Crippen molar-refractivity contribution in [3.63, 3.8) is 0 Å². The molecule has 0 saturated heterocycles. The Labute approximate surface area is 149 Å². The predicted molar refractivity (Wildman–Crippen MR) is 96.8 cm³/mol. The molecule has 0 fully saturated rings. The molecule has 0 bridgehead atoms. The van der Waals surface area contributed by atoms with Crippen LogP contribution in [-0.4, -0.2) is 28.0 Å². The van der Waals surface area contributed by atoms with Crippen LogP contribution in [0.4, 0.5) is 5.13 Å². The number of thiazole rings is 1. The van der Waals surface area contributed by atoms with Gasteiger partial charge in [-0.05, 0) is 24.6 Å². The quantitative estimate of drug-likeness (QED) is 0.736. The van der Waals surface area contributed by atoms with Gasteiger partial charge in [-0.15, -0.1) is 11.3 Å². The molecule has 7 heteroatoms. The average molecular weight is 354 g/mol. The maximum absolute atomic E-state index is 13.1. The summed E-state index contributed by atoms with van der Waals surface area (Å²) in [6.07, 6.45) is 5.49. The van der Waals surface area contributed by atoms with E-state index in [-0.39, 0.29) is 5.91 Å². The zero-order valence-electron chi connectivity index (χ0n) is 14.0. The van der Waals surface area contributed by atoms with E-state index < -0.39 is 5.41 Å². The van der Waals surface area contributed by atoms with Crippen molar-refractivity contribution in [3.05, 3.63) is 65.6 Å². The number of amides is 1. The lowest BCUT2D eigenvalue weighted by atomic mass is 9.78. The number of ether oxygens (including phenoxy) is 1. The van der Waals surface area contributed by atoms with Gasteiger partial charge in [-0.25, -0.2) is 9.97 Å². The molecule has 0 aromatic carbocycles. The van der Waals surface area contributed by atoms with E-state index in [0.717, 1.165) is 11.3 Å². The molecule has 3 aromatic rings. The summed E-state index contributed by atoms with van der Waals surface area (Å²) in [5.74, 6) is 0.351. The summed E-state index contributed by atoms with van der Waals surface area (Å²) in [6.45, 7) is 1.88. The first kappa shape index (κ1) is 17.0. The van der Waals surface area contributed by atoms with Crippen LogP contribution in [0, 0.1) is 0 Å². The SMILES string of the molecule is COc1ccc(C(C)(Cc2ccccn2)C(=O)Nc2nccs2)cn1. The van der Waals surface area contributed by atoms with Crippen LogP contribution in [0.1, 0.15) is 18.2 Å². The lowest BCUT2D eigenvalue weighted by Gasteiger charge is -2.28. The van der Waals surface area contributed by atoms with Gasteiger partial charge in [0.25, 0.3) is 0 Å². The summed E-state index contributed by atoms with van der Waals surface area (Å²) < 4.78 is 5.11. The van der Waals surface area contributed by atoms with Crippen LogP contribution >= 0.6 is 11.3 Å². The zero-order valence-corrected chi connectivity index (χ0v) is 14.8. The smallest absolute Gasteiger partial charge is 0.236 e. The summed E-state index contributed by atoms with van der Waals surface area (Å²) >= 11 is 1.38. The van der Waals surface area contributed by atoms with Gasteiger partial charge in [0, 0.05) is 42.2 Å². The number of nitrogens with one attached hydrogen (secondary N) is 1. The molecule has 0 spiro atoms. The van der Waals surface area contributed by atoms with E-state index in [1.807, 2.05) is 36.6 Å². The molecule has 0 aliphatic heterocycles. The second-order valence-corrected chi connectivity index (χ2v) is 6.61. The Morgan fingerprint density at radius 3 is 2.68 bits per heavy atom. The van der Waals surface area contributed by atoms with Crippen LogP contribution in [0.2, 0.25) is 0 Å². The summed E-state index contributed by atoms with van der Waals surface area (Å²) in [4.78, 5) is 25.8. The minimum Gasteiger partial charge on any atom is -0.481 e. The molecule has 1 amide bonds. The van der Waals surface area contributed by atoms with Gasteiger partial charge in [0.2, 0.25) is 11.8 Å². The monoisotopic (exact) mass is 354 g/mol. The first-order valence-electron chi connectivity index (χ1n) is 7.73. The fourth-order valence-corrected chi connectivity index (χ4v) is 3.05. The molecular weight excluding hydrogens is 336 g/mol. The number of anilines is 1. The summed E-state index contributed by atoms with van der Waals surface area (Å²) in [5.41, 5.74) is 0.766. The normalized spacial score (nSPS) is 13.0. The molecule has 3 rings (SSSR count). The first-order chi connectivity index (χ1) is 12.1. The van der Waals surface area contributed by atoms with Crippen LogP contribution in [0.5, 0.6) is 5.88 Å². The van der Waals surface area contributed by atoms with Crippen LogP contribution in [0.25, 0.3) is 0 Å². The van der Waals surface area contributed by atoms with Crippen molar-refractivity contribution in [3.8, 4) is 5.88 Å². The Balaban J connectivity index is 1.95. The molecule has 1 unspecified atom stereocenters. The Hall–Kier alpha value is -2.80. The number of carbonyl (C=O) groups is 1. The van der Waals surface area contributed by atoms with Crippen LogP contribution in [0.15, 0.2) is 54.3 Å². The second-order valence-electron chi connectivity index (χ2n) is 5.71. The van der Waals surface area contributed by atoms with Crippen molar-refractivity contribution in [2.75, 3.05) is 12.4 Å². The van der Waals surface area contributed by atoms with Crippen molar-refractivity contribution in [1.29, 1.82) is 0 Å². The number of pyridine rings is 2. The largest absolute Gasteiger partial charge is 0.481 e. The van der Waals surface area contributed by atoms with E-state index in [1.165, 1.54) is 11.3 Å². The van der Waals surface area contributed by atoms with Gasteiger partial charge in [0.1, 0.15) is 0 Å². The van der Waals surface area contributed by atoms with Gasteiger partial charge in [-0.2, -0.15) is 0 Å². The number of hydrogen-bond donors (Lipinski definition) is 1. The van der Waals surface area contributed by atoms with E-state index in [4.69, 9.17) is 4.74 Å². The molecule has 3 heterocycles. The lowest BCUT2D eigenvalue weighted by molar-refractivity contribution is -0.121. The molecule has 6 nitrogen and oxygen atoms in total. The zero-order chi connectivity index (χ0) is 17.7. The average Bonchev–Trinajstić information content (AvgIpc) is 3.15. The van der Waals surface area contributed by atoms with Crippen molar-refractivity contribution in [1.82, 2.24) is 15.0 Å². The van der Waals surface area contributed by atoms with Crippen molar-refractivity contribution in [2.24, 2.45) is 0 Å². The van der Waals surface area contributed by atoms with Crippen molar-refractivity contribution in [2.45, 2.75) is 18.8 Å². The first-order valence-corrected chi connectivity index (χ1v) is 8.61. The number of rotatable bonds is 6. The fourth-order valence-electron chi connectivity index (χ4n) is 2.53. The number of hydrogen-bond acceptors (Lipinski definition) is 6. The fraction of sp³-hybridized carbons (Fsp3) is 0.222. The third-order valence-corrected chi connectivity index (χ3v) is 4.69. The highest BCUT2D eigenvalue weighted by molar-refractivity contribution is 7.13. The molecule has 3 aromatic heterocycles. The molecule has 0 aliphatic rings. The lowest BCUT2D eigenvalue weighted by Crippen LogP contribution is -2.40. The molecule has 0 radical (unpaired) electrons. The Morgan fingerprint density at radius 1 is 1.20 bits per heavy atom. The highest BCUT2D eigenvalue weighted by Crippen LogP contribution is 2.30. The van der Waals surface area contributed by atoms with Gasteiger partial charge in [0.15, 0.2) is 5.13 Å². The highest BCUT2D eigenvalue weighted by atomic mass is 32.1. The standard InChI is InChI=1S/C18H18N4O2S/c1-18(11-14-5-3-4-8-19-14,13-6-7-15(24-2)21-12-13)16(23)22-17-20-9-10-25-17/h3-10,12H,11H2,1-2H3,(H,20,22,23). The maximum Gasteiger partial charge on any atom is 0.236 e. The Kier molecular flexibility index (Phi) is 5.04. The van der Waals surface area contributed by atoms with E-state index in [1.54, 1.807) is 31.8 Å². The molecule has 128 valence electrons. The van der Waals surface area contributed by atoms with Crippen LogP contribution in [-0.2, 0) is 16.6 Å². The Bertz CT molecular complexity index is 822. The summed E-state index contributed by atoms with van der Waals surface area (Å²) in [7, 11) is 1.56. The van der Waals surface area contributed by atoms with Gasteiger partial charge in [0.05, 0.1) is 12.5 Å². The van der Waals surface area contributed by atoms with Gasteiger partial charge < -0.3 is 10.1 Å². The van der Waals surface area contributed by atoms with E-state index in [9.17, 15) is 4.79 Å². The van der Waals surface area contributed by atoms with Crippen LogP contribution in [0.3, 0.4) is 0 Å². The number of nitrogens with zero attached hydrogens (tertiary/aromatic N) is 3. The topological polar surface area (TPSA) is 77.0 Å². The predicted octanol–water partition coefficient (Wildman–Crippen LogP) is 3.08. The second kappa shape index (κ2) is 7.40. The van der Waals surface area contributed by atoms with Crippen LogP contribution < -0.4 is 10.1 Å². The molecule has 25 heavy (non-hydrogen) atoms. The van der Waals surface area contributed by atoms with Gasteiger partial charge in [-0.1, -0.05) is 12.1 Å². The van der Waals surface area contributed by atoms with E-state index in [0.29, 0.717) is 17.4 Å². The number of methoxy groups -OCH3 is 1. The minimum atomic E-state index is -0.848. The third kappa shape index (κ3) is 3.83. The van der Waals surface area contributed by atoms with E-state index in [2.05, 4.69) is 20.3 Å². The Morgan fingerprint density at radius 2 is 2.08 bits per heavy atom. The van der Waals surface area contributed by atoms with Crippen molar-refractivity contribution >= 4 is 22.4 Å². The van der Waals surface area contributed by atoms with Crippen molar-refractivity contribution < 1.29 is 9.53 Å². The summed E-state index contributed by atoms with van der Waals surface area (Å²) in [6, 6.07) is 9.28. The molecule has 1 N–H and O–H groups in total. The number of aromatic nitrogens is 3. The maximum atomic E-state index is 13.1. The molecule has 0 saturated carbocycles. The molecular formula is C18H18N4O2S. The third-order valence-electron chi connectivity index (χ3n) is 4.00. The van der Waals surface area contributed by atoms with Gasteiger partial charge in [-0.3, -0.25) is 9.78 Å². The van der Waals surface area contributed by atoms with E-state index >= 15 is 0 Å². The molecule has 1 atom stereocenters. The number of carbonyl (C=O) groups excluding carboxylic acids is 1. The van der Waals surface area contributed by atoms with Gasteiger partial charge >= 0.3 is 0 Å².